The molecular formula is C44H79NO4. The normalized spacial score (nSPS) is 14.3. The van der Waals surface area contributed by atoms with Crippen LogP contribution in [-0.2, 0) is 4.79 Å². The Labute approximate surface area is 303 Å². The average Bonchev–Trinajstić information content (AvgIpc) is 3.11. The van der Waals surface area contributed by atoms with E-state index < -0.39 is 24.2 Å². The van der Waals surface area contributed by atoms with Gasteiger partial charge in [-0.15, -0.1) is 0 Å². The van der Waals surface area contributed by atoms with Crippen LogP contribution in [0.25, 0.3) is 0 Å². The Morgan fingerprint density at radius 1 is 0.510 bits per heavy atom. The van der Waals surface area contributed by atoms with Crippen molar-refractivity contribution < 1.29 is 20.1 Å². The van der Waals surface area contributed by atoms with Gasteiger partial charge in [0.15, 0.2) is 0 Å². The topological polar surface area (TPSA) is 89.8 Å². The second kappa shape index (κ2) is 38.8. The SMILES string of the molecule is CCCCC/C=C\C/C=C\CCCCCCCCC(O)C(=O)NC(CO)C(O)/C=C/CC/C=C/CC/C=C/CCCCCCCCCCC. The van der Waals surface area contributed by atoms with Crippen molar-refractivity contribution in [2.45, 2.75) is 205 Å². The Morgan fingerprint density at radius 2 is 0.898 bits per heavy atom. The van der Waals surface area contributed by atoms with Gasteiger partial charge in [0.2, 0.25) is 5.91 Å². The zero-order valence-electron chi connectivity index (χ0n) is 32.1. The lowest BCUT2D eigenvalue weighted by Gasteiger charge is -2.21. The molecule has 284 valence electrons. The van der Waals surface area contributed by atoms with E-state index in [9.17, 15) is 20.1 Å². The molecule has 0 aliphatic carbocycles. The van der Waals surface area contributed by atoms with E-state index >= 15 is 0 Å². The summed E-state index contributed by atoms with van der Waals surface area (Å²) in [5.74, 6) is -0.528. The van der Waals surface area contributed by atoms with Gasteiger partial charge in [0.25, 0.3) is 0 Å². The molecular weight excluding hydrogens is 606 g/mol. The Bertz CT molecular complexity index is 846. The zero-order valence-corrected chi connectivity index (χ0v) is 32.1. The van der Waals surface area contributed by atoms with Crippen molar-refractivity contribution >= 4 is 5.91 Å². The minimum Gasteiger partial charge on any atom is -0.394 e. The molecule has 0 bridgehead atoms. The summed E-state index contributed by atoms with van der Waals surface area (Å²) < 4.78 is 0. The molecule has 1 amide bonds. The summed E-state index contributed by atoms with van der Waals surface area (Å²) in [5, 5.41) is 33.0. The molecule has 0 fully saturated rings. The van der Waals surface area contributed by atoms with Crippen molar-refractivity contribution in [3.63, 3.8) is 0 Å². The number of aliphatic hydroxyl groups excluding tert-OH is 3. The first-order chi connectivity index (χ1) is 24.1. The molecule has 5 heteroatoms. The Hall–Kier alpha value is -1.95. The molecule has 0 aromatic carbocycles. The van der Waals surface area contributed by atoms with Crippen LogP contribution in [0, 0.1) is 0 Å². The maximum atomic E-state index is 12.4. The summed E-state index contributed by atoms with van der Waals surface area (Å²) in [6.07, 6.45) is 51.0. The number of aliphatic hydroxyl groups is 3. The van der Waals surface area contributed by atoms with Crippen LogP contribution in [-0.4, -0.2) is 46.1 Å². The molecule has 0 spiro atoms. The van der Waals surface area contributed by atoms with Gasteiger partial charge in [-0.3, -0.25) is 4.79 Å². The van der Waals surface area contributed by atoms with Crippen molar-refractivity contribution in [3.05, 3.63) is 60.8 Å². The summed E-state index contributed by atoms with van der Waals surface area (Å²) in [5.41, 5.74) is 0. The second-order valence-electron chi connectivity index (χ2n) is 13.8. The third-order valence-electron chi connectivity index (χ3n) is 9.06. The van der Waals surface area contributed by atoms with Crippen LogP contribution >= 0.6 is 0 Å². The van der Waals surface area contributed by atoms with Crippen LogP contribution in [0.1, 0.15) is 187 Å². The van der Waals surface area contributed by atoms with Gasteiger partial charge in [0.1, 0.15) is 6.10 Å². The quantitative estimate of drug-likeness (QED) is 0.0390. The summed E-state index contributed by atoms with van der Waals surface area (Å²) in [7, 11) is 0. The number of nitrogens with one attached hydrogen (secondary N) is 1. The summed E-state index contributed by atoms with van der Waals surface area (Å²) >= 11 is 0. The fourth-order valence-corrected chi connectivity index (χ4v) is 5.77. The summed E-state index contributed by atoms with van der Waals surface area (Å²) in [6, 6.07) is -0.827. The number of rotatable bonds is 36. The molecule has 5 nitrogen and oxygen atoms in total. The van der Waals surface area contributed by atoms with Crippen LogP contribution < -0.4 is 5.32 Å². The highest BCUT2D eigenvalue weighted by molar-refractivity contribution is 5.80. The third kappa shape index (κ3) is 34.3. The van der Waals surface area contributed by atoms with Gasteiger partial charge >= 0.3 is 0 Å². The average molecular weight is 686 g/mol. The molecule has 3 atom stereocenters. The van der Waals surface area contributed by atoms with Crippen molar-refractivity contribution in [3.8, 4) is 0 Å². The fourth-order valence-electron chi connectivity index (χ4n) is 5.77. The zero-order chi connectivity index (χ0) is 35.9. The first kappa shape index (κ1) is 47.0. The first-order valence-electron chi connectivity index (χ1n) is 20.6. The minimum absolute atomic E-state index is 0.387. The maximum Gasteiger partial charge on any atom is 0.249 e. The molecule has 49 heavy (non-hydrogen) atoms. The van der Waals surface area contributed by atoms with Gasteiger partial charge in [0, 0.05) is 0 Å². The van der Waals surface area contributed by atoms with E-state index in [2.05, 4.69) is 67.8 Å². The van der Waals surface area contributed by atoms with Gasteiger partial charge < -0.3 is 20.6 Å². The van der Waals surface area contributed by atoms with Crippen LogP contribution in [0.2, 0.25) is 0 Å². The molecule has 0 saturated heterocycles. The van der Waals surface area contributed by atoms with E-state index in [0.717, 1.165) is 57.8 Å². The van der Waals surface area contributed by atoms with Crippen LogP contribution in [0.3, 0.4) is 0 Å². The molecule has 0 heterocycles. The van der Waals surface area contributed by atoms with Crippen molar-refractivity contribution in [1.82, 2.24) is 5.32 Å². The standard InChI is InChI=1S/C44H79NO4/c1-3-5-7-9-11-13-15-17-19-21-22-23-25-26-28-30-32-34-36-38-42(47)41(40-46)45-44(49)43(48)39-37-35-33-31-29-27-24-20-18-16-14-12-10-8-6-4-2/h12,14,18,20,22-23,28,30,36,38,41-43,46-48H,3-11,13,15-17,19,21,24-27,29,31-35,37,39-40H2,1-2H3,(H,45,49)/b14-12-,20-18-,23-22+,30-28+,38-36+. The lowest BCUT2D eigenvalue weighted by Crippen LogP contribution is -2.48. The van der Waals surface area contributed by atoms with E-state index in [0.29, 0.717) is 6.42 Å². The number of amides is 1. The van der Waals surface area contributed by atoms with E-state index in [1.54, 1.807) is 6.08 Å². The number of allylic oxidation sites excluding steroid dienone is 9. The fraction of sp³-hybridized carbons (Fsp3) is 0.750. The lowest BCUT2D eigenvalue weighted by molar-refractivity contribution is -0.131. The summed E-state index contributed by atoms with van der Waals surface area (Å²) in [6.45, 7) is 4.12. The number of carbonyl (C=O) groups is 1. The molecule has 0 saturated carbocycles. The van der Waals surface area contributed by atoms with Crippen LogP contribution in [0.4, 0.5) is 0 Å². The van der Waals surface area contributed by atoms with Gasteiger partial charge in [0.05, 0.1) is 18.8 Å². The molecule has 0 aliphatic rings. The van der Waals surface area contributed by atoms with E-state index in [4.69, 9.17) is 0 Å². The van der Waals surface area contributed by atoms with Gasteiger partial charge in [-0.25, -0.2) is 0 Å². The molecule has 0 rings (SSSR count). The molecule has 0 radical (unpaired) electrons. The molecule has 4 N–H and O–H groups in total. The number of hydrogen-bond acceptors (Lipinski definition) is 4. The van der Waals surface area contributed by atoms with E-state index in [1.165, 1.54) is 109 Å². The Balaban J connectivity index is 3.82. The van der Waals surface area contributed by atoms with Crippen molar-refractivity contribution in [2.24, 2.45) is 0 Å². The van der Waals surface area contributed by atoms with Crippen LogP contribution in [0.15, 0.2) is 60.8 Å². The largest absolute Gasteiger partial charge is 0.394 e. The highest BCUT2D eigenvalue weighted by Crippen LogP contribution is 2.12. The van der Waals surface area contributed by atoms with E-state index in [1.807, 2.05) is 6.08 Å². The second-order valence-corrected chi connectivity index (χ2v) is 13.8. The van der Waals surface area contributed by atoms with Crippen molar-refractivity contribution in [2.75, 3.05) is 6.61 Å². The number of hydrogen-bond donors (Lipinski definition) is 4. The van der Waals surface area contributed by atoms with Crippen molar-refractivity contribution in [1.29, 1.82) is 0 Å². The number of unbranched alkanes of at least 4 members (excludes halogenated alkanes) is 20. The third-order valence-corrected chi connectivity index (χ3v) is 9.06. The van der Waals surface area contributed by atoms with E-state index in [-0.39, 0.29) is 6.61 Å². The maximum absolute atomic E-state index is 12.4. The molecule has 0 aromatic rings. The first-order valence-corrected chi connectivity index (χ1v) is 20.6. The predicted octanol–water partition coefficient (Wildman–Crippen LogP) is 11.5. The Morgan fingerprint density at radius 3 is 1.41 bits per heavy atom. The van der Waals surface area contributed by atoms with Gasteiger partial charge in [-0.1, -0.05) is 171 Å². The molecule has 0 aromatic heterocycles. The summed E-state index contributed by atoms with van der Waals surface area (Å²) in [4.78, 5) is 12.4. The molecule has 3 unspecified atom stereocenters. The van der Waals surface area contributed by atoms with Gasteiger partial charge in [-0.05, 0) is 77.0 Å². The van der Waals surface area contributed by atoms with Gasteiger partial charge in [-0.2, -0.15) is 0 Å². The molecule has 0 aliphatic heterocycles. The minimum atomic E-state index is -1.12. The monoisotopic (exact) mass is 686 g/mol. The predicted molar refractivity (Wildman–Crippen MR) is 213 cm³/mol. The number of carbonyl (C=O) groups excluding carboxylic acids is 1. The highest BCUT2D eigenvalue weighted by atomic mass is 16.3. The smallest absolute Gasteiger partial charge is 0.249 e. The lowest BCUT2D eigenvalue weighted by atomic mass is 10.0. The Kier molecular flexibility index (Phi) is 37.3. The highest BCUT2D eigenvalue weighted by Gasteiger charge is 2.22. The van der Waals surface area contributed by atoms with Crippen LogP contribution in [0.5, 0.6) is 0 Å².